The molecule has 4 saturated carbocycles. The number of aliphatic hydroxyl groups is 2. The minimum Gasteiger partial charge on any atom is -0.481 e. The summed E-state index contributed by atoms with van der Waals surface area (Å²) in [4.78, 5) is 38.0. The predicted octanol–water partition coefficient (Wildman–Crippen LogP) is 8.58. The number of aliphatic carboxylic acids is 1. The van der Waals surface area contributed by atoms with Crippen LogP contribution in [0.15, 0.2) is 11.6 Å². The number of aliphatic hydroxyl groups excluding tert-OH is 2. The highest BCUT2D eigenvalue weighted by Gasteiger charge is 2.70. The summed E-state index contributed by atoms with van der Waals surface area (Å²) in [7, 11) is 0. The second-order valence-electron chi connectivity index (χ2n) is 20.5. The summed E-state index contributed by atoms with van der Waals surface area (Å²) in [5.74, 6) is 1.45. The van der Waals surface area contributed by atoms with E-state index in [2.05, 4.69) is 58.3 Å². The minimum atomic E-state index is -1.09. The van der Waals surface area contributed by atoms with Crippen LogP contribution < -0.4 is 10.6 Å². The molecule has 0 aromatic heterocycles. The fraction of sp³-hybridized carbons (Fsp3) is 0.889. The maximum absolute atomic E-state index is 14.4. The Hall–Kier alpha value is -1.93. The molecule has 2 amide bonds. The number of carboxylic acid groups (broad SMARTS) is 1. The Bertz CT molecular complexity index is 1360. The van der Waals surface area contributed by atoms with Crippen LogP contribution in [0.3, 0.4) is 0 Å². The van der Waals surface area contributed by atoms with Crippen LogP contribution in [-0.2, 0) is 14.4 Å². The van der Waals surface area contributed by atoms with Gasteiger partial charge in [0.2, 0.25) is 11.8 Å². The fourth-order valence-electron chi connectivity index (χ4n) is 13.6. The SMILES string of the molecule is CC1=CC[C@]2(C(=O)NCCCCCCCC(=O)N[C@@H](CC(C)C)[C@H](O)CC(=O)O)CC[C@]3(C)C(CC[C@@H]4[C@@]5(C)CC[C@H](O)C(C)(C)[C@@H]5CC[C@]43C)[C@H]2C1. The summed E-state index contributed by atoms with van der Waals surface area (Å²) < 4.78 is 0. The normalized spacial score (nSPS) is 38.6. The molecule has 5 rings (SSSR count). The maximum Gasteiger partial charge on any atom is 0.306 e. The van der Waals surface area contributed by atoms with E-state index in [0.717, 1.165) is 70.6 Å². The summed E-state index contributed by atoms with van der Waals surface area (Å²) in [5.41, 5.74) is 1.81. The standard InChI is InChI=1S/C45H76N2O6/c1-29(2)26-33(34(48)28-39(51)52)47-38(50)14-12-10-9-11-13-25-46-40(53)45-22-17-30(3)27-32(45)31-15-16-36-42(6)20-19-37(49)41(4,5)35(42)18-21-44(36,8)43(31,7)23-24-45/h17,29,31-37,48-49H,9-16,18-28H2,1-8H3,(H,46,53)(H,47,50)(H,51,52)/t31?,32-,33+,34-,35+,36-,37+,42+,43-,44-,45+/m1/s1. The predicted molar refractivity (Wildman–Crippen MR) is 211 cm³/mol. The molecule has 0 aromatic carbocycles. The van der Waals surface area contributed by atoms with Gasteiger partial charge in [-0.1, -0.05) is 79.4 Å². The molecule has 0 bridgehead atoms. The zero-order chi connectivity index (χ0) is 39.0. The number of carbonyl (C=O) groups is 3. The summed E-state index contributed by atoms with van der Waals surface area (Å²) in [6.45, 7) is 19.5. The summed E-state index contributed by atoms with van der Waals surface area (Å²) in [5, 5.41) is 36.8. The molecular weight excluding hydrogens is 665 g/mol. The van der Waals surface area contributed by atoms with Gasteiger partial charge in [0.25, 0.3) is 0 Å². The number of allylic oxidation sites excluding steroid dienone is 2. The largest absolute Gasteiger partial charge is 0.481 e. The second-order valence-corrected chi connectivity index (χ2v) is 20.5. The van der Waals surface area contributed by atoms with E-state index in [1.807, 2.05) is 13.8 Å². The maximum atomic E-state index is 14.4. The molecule has 0 radical (unpaired) electrons. The van der Waals surface area contributed by atoms with Crippen molar-refractivity contribution in [1.29, 1.82) is 0 Å². The molecule has 5 N–H and O–H groups in total. The van der Waals surface area contributed by atoms with Crippen LogP contribution in [0.5, 0.6) is 0 Å². The Morgan fingerprint density at radius 1 is 0.849 bits per heavy atom. The number of fused-ring (bicyclic) bond motifs is 7. The number of amides is 2. The third kappa shape index (κ3) is 8.03. The highest BCUT2D eigenvalue weighted by atomic mass is 16.4. The molecule has 0 spiro atoms. The minimum absolute atomic E-state index is 0.0401. The van der Waals surface area contributed by atoms with Gasteiger partial charge in [-0.05, 0) is 142 Å². The molecule has 53 heavy (non-hydrogen) atoms. The highest BCUT2D eigenvalue weighted by molar-refractivity contribution is 5.84. The average molecular weight is 741 g/mol. The lowest BCUT2D eigenvalue weighted by Gasteiger charge is -2.73. The zero-order valence-electron chi connectivity index (χ0n) is 34.7. The van der Waals surface area contributed by atoms with Gasteiger partial charge in [-0.25, -0.2) is 0 Å². The van der Waals surface area contributed by atoms with E-state index in [9.17, 15) is 24.6 Å². The van der Waals surface area contributed by atoms with Crippen molar-refractivity contribution in [3.8, 4) is 0 Å². The van der Waals surface area contributed by atoms with Crippen molar-refractivity contribution < 1.29 is 29.7 Å². The van der Waals surface area contributed by atoms with Gasteiger partial charge in [0.05, 0.1) is 30.1 Å². The first kappa shape index (κ1) is 42.2. The van der Waals surface area contributed by atoms with Gasteiger partial charge in [-0.2, -0.15) is 0 Å². The number of carboxylic acids is 1. The quantitative estimate of drug-likeness (QED) is 0.0843. The lowest BCUT2D eigenvalue weighted by atomic mass is 9.32. The zero-order valence-corrected chi connectivity index (χ0v) is 34.7. The van der Waals surface area contributed by atoms with Crippen molar-refractivity contribution in [2.45, 2.75) is 189 Å². The van der Waals surface area contributed by atoms with Crippen LogP contribution in [-0.4, -0.2) is 57.9 Å². The average Bonchev–Trinajstić information content (AvgIpc) is 3.07. The molecule has 8 heteroatoms. The monoisotopic (exact) mass is 741 g/mol. The van der Waals surface area contributed by atoms with E-state index in [4.69, 9.17) is 5.11 Å². The third-order valence-electron chi connectivity index (χ3n) is 16.8. The van der Waals surface area contributed by atoms with E-state index in [0.29, 0.717) is 43.1 Å². The van der Waals surface area contributed by atoms with E-state index in [1.54, 1.807) is 0 Å². The van der Waals surface area contributed by atoms with Crippen molar-refractivity contribution in [2.24, 2.45) is 56.7 Å². The molecule has 4 fully saturated rings. The first-order valence-corrected chi connectivity index (χ1v) is 21.6. The van der Waals surface area contributed by atoms with Crippen molar-refractivity contribution in [3.05, 3.63) is 11.6 Å². The number of carbonyl (C=O) groups excluding carboxylic acids is 2. The molecule has 11 atom stereocenters. The van der Waals surface area contributed by atoms with Gasteiger partial charge in [0, 0.05) is 13.0 Å². The van der Waals surface area contributed by atoms with Gasteiger partial charge in [0.1, 0.15) is 0 Å². The van der Waals surface area contributed by atoms with Crippen LogP contribution in [0.4, 0.5) is 0 Å². The van der Waals surface area contributed by atoms with E-state index in [1.165, 1.54) is 31.3 Å². The third-order valence-corrected chi connectivity index (χ3v) is 16.8. The molecule has 1 unspecified atom stereocenters. The first-order chi connectivity index (χ1) is 24.8. The first-order valence-electron chi connectivity index (χ1n) is 21.6. The smallest absolute Gasteiger partial charge is 0.306 e. The topological polar surface area (TPSA) is 136 Å². The molecule has 8 nitrogen and oxygen atoms in total. The van der Waals surface area contributed by atoms with Gasteiger partial charge in [-0.3, -0.25) is 14.4 Å². The Morgan fingerprint density at radius 3 is 2.25 bits per heavy atom. The summed E-state index contributed by atoms with van der Waals surface area (Å²) in [6.07, 6.45) is 17.1. The summed E-state index contributed by atoms with van der Waals surface area (Å²) in [6, 6.07) is -0.552. The Morgan fingerprint density at radius 2 is 1.55 bits per heavy atom. The number of rotatable bonds is 15. The molecular formula is C45H76N2O6. The van der Waals surface area contributed by atoms with Gasteiger partial charge < -0.3 is 26.0 Å². The van der Waals surface area contributed by atoms with Crippen molar-refractivity contribution >= 4 is 17.8 Å². The van der Waals surface area contributed by atoms with Crippen LogP contribution >= 0.6 is 0 Å². The van der Waals surface area contributed by atoms with Crippen LogP contribution in [0.25, 0.3) is 0 Å². The molecule has 5 aliphatic rings. The van der Waals surface area contributed by atoms with Crippen molar-refractivity contribution in [3.63, 3.8) is 0 Å². The second kappa shape index (κ2) is 16.3. The lowest BCUT2D eigenvalue weighted by Crippen LogP contribution is -2.67. The van der Waals surface area contributed by atoms with Gasteiger partial charge in [-0.15, -0.1) is 0 Å². The van der Waals surface area contributed by atoms with Gasteiger partial charge in [0.15, 0.2) is 0 Å². The number of unbranched alkanes of at least 4 members (excludes halogenated alkanes) is 4. The lowest BCUT2D eigenvalue weighted by molar-refractivity contribution is -0.247. The molecule has 0 aromatic rings. The molecule has 0 saturated heterocycles. The molecule has 0 heterocycles. The number of hydrogen-bond acceptors (Lipinski definition) is 5. The highest BCUT2D eigenvalue weighted by Crippen LogP contribution is 2.76. The molecule has 0 aliphatic heterocycles. The Kier molecular flexibility index (Phi) is 13.0. The van der Waals surface area contributed by atoms with Crippen molar-refractivity contribution in [2.75, 3.05) is 6.54 Å². The van der Waals surface area contributed by atoms with Crippen molar-refractivity contribution in [1.82, 2.24) is 10.6 Å². The van der Waals surface area contributed by atoms with E-state index in [-0.39, 0.29) is 57.3 Å². The van der Waals surface area contributed by atoms with Gasteiger partial charge >= 0.3 is 5.97 Å². The van der Waals surface area contributed by atoms with E-state index < -0.39 is 18.1 Å². The molecule has 302 valence electrons. The number of hydrogen-bond donors (Lipinski definition) is 5. The summed E-state index contributed by atoms with van der Waals surface area (Å²) >= 11 is 0. The Balaban J connectivity index is 1.13. The van der Waals surface area contributed by atoms with Crippen LogP contribution in [0.1, 0.15) is 171 Å². The Labute approximate surface area is 321 Å². The fourth-order valence-corrected chi connectivity index (χ4v) is 13.6. The molecule has 5 aliphatic carbocycles. The van der Waals surface area contributed by atoms with Crippen LogP contribution in [0, 0.1) is 56.7 Å². The van der Waals surface area contributed by atoms with E-state index >= 15 is 0 Å². The van der Waals surface area contributed by atoms with Crippen LogP contribution in [0.2, 0.25) is 0 Å². The number of nitrogens with one attached hydrogen (secondary N) is 2.